The largest absolute Gasteiger partial charge is 0.378 e. The zero-order chi connectivity index (χ0) is 20.1. The number of nitrogens with one attached hydrogen (secondary N) is 2. The maximum absolute atomic E-state index is 12.6. The molecule has 29 heavy (non-hydrogen) atoms. The average molecular weight is 396 g/mol. The van der Waals surface area contributed by atoms with Gasteiger partial charge in [-0.05, 0) is 56.0 Å². The molecule has 0 radical (unpaired) electrons. The second kappa shape index (κ2) is 9.19. The summed E-state index contributed by atoms with van der Waals surface area (Å²) in [4.78, 5) is 23.5. The molecule has 1 amide bonds. The fraction of sp³-hybridized carbons (Fsp3) is 0.476. The summed E-state index contributed by atoms with van der Waals surface area (Å²) in [5.74, 6) is 2.03. The minimum absolute atomic E-state index is 0.0382. The maximum atomic E-state index is 12.6. The van der Waals surface area contributed by atoms with Crippen molar-refractivity contribution in [2.75, 3.05) is 50.0 Å². The van der Waals surface area contributed by atoms with Crippen molar-refractivity contribution in [3.05, 3.63) is 41.6 Å². The number of aromatic nitrogens is 2. The van der Waals surface area contributed by atoms with E-state index in [1.165, 1.54) is 18.4 Å². The number of ether oxygens (including phenoxy) is 1. The second-order valence-electron chi connectivity index (χ2n) is 7.45. The van der Waals surface area contributed by atoms with Crippen LogP contribution >= 0.6 is 0 Å². The Bertz CT molecular complexity index is 832. The topological polar surface area (TPSA) is 105 Å². The van der Waals surface area contributed by atoms with Crippen molar-refractivity contribution in [2.45, 2.75) is 25.2 Å². The van der Waals surface area contributed by atoms with Crippen molar-refractivity contribution in [3.8, 4) is 0 Å². The minimum atomic E-state index is 0.0382. The average Bonchev–Trinajstić information content (AvgIpc) is 3.60. The lowest BCUT2D eigenvalue weighted by Gasteiger charge is -2.26. The fourth-order valence-electron chi connectivity index (χ4n) is 3.37. The van der Waals surface area contributed by atoms with Crippen LogP contribution in [0.3, 0.4) is 0 Å². The normalized spacial score (nSPS) is 16.5. The highest BCUT2D eigenvalue weighted by Gasteiger charge is 2.27. The monoisotopic (exact) mass is 396 g/mol. The first-order chi connectivity index (χ1) is 14.2. The van der Waals surface area contributed by atoms with Crippen molar-refractivity contribution < 1.29 is 9.53 Å². The Balaban J connectivity index is 1.43. The standard InChI is InChI=1S/C21H28N6O2/c22-8-1-9-23-19-18(15-2-3-15)14-24-21(26-19)25-17-6-4-16(5-7-17)20(28)27-10-12-29-13-11-27/h4-7,14-15H,1-3,8-13,22H2,(H2,23,24,25,26). The number of anilines is 3. The highest BCUT2D eigenvalue weighted by atomic mass is 16.5. The molecule has 1 saturated heterocycles. The van der Waals surface area contributed by atoms with Crippen LogP contribution in [0.15, 0.2) is 30.5 Å². The zero-order valence-electron chi connectivity index (χ0n) is 16.6. The van der Waals surface area contributed by atoms with Gasteiger partial charge in [-0.2, -0.15) is 4.98 Å². The Hall–Kier alpha value is -2.71. The van der Waals surface area contributed by atoms with E-state index in [1.807, 2.05) is 35.4 Å². The molecule has 2 aromatic rings. The number of carbonyl (C=O) groups is 1. The second-order valence-corrected chi connectivity index (χ2v) is 7.45. The summed E-state index contributed by atoms with van der Waals surface area (Å²) < 4.78 is 5.31. The van der Waals surface area contributed by atoms with Gasteiger partial charge in [-0.15, -0.1) is 0 Å². The first kappa shape index (κ1) is 19.6. The van der Waals surface area contributed by atoms with Gasteiger partial charge in [0.1, 0.15) is 5.82 Å². The minimum Gasteiger partial charge on any atom is -0.378 e. The van der Waals surface area contributed by atoms with Crippen molar-refractivity contribution >= 4 is 23.4 Å². The molecule has 8 heteroatoms. The molecular formula is C21H28N6O2. The zero-order valence-corrected chi connectivity index (χ0v) is 16.6. The third-order valence-electron chi connectivity index (χ3n) is 5.19. The quantitative estimate of drug-likeness (QED) is 0.588. The molecule has 0 unspecified atom stereocenters. The van der Waals surface area contributed by atoms with Gasteiger partial charge in [0.2, 0.25) is 5.95 Å². The Morgan fingerprint density at radius 1 is 1.21 bits per heavy atom. The van der Waals surface area contributed by atoms with Crippen LogP contribution in [-0.2, 0) is 4.74 Å². The lowest BCUT2D eigenvalue weighted by Crippen LogP contribution is -2.40. The van der Waals surface area contributed by atoms with Gasteiger partial charge < -0.3 is 26.0 Å². The number of benzene rings is 1. The summed E-state index contributed by atoms with van der Waals surface area (Å²) in [5.41, 5.74) is 8.29. The van der Waals surface area contributed by atoms with Crippen LogP contribution < -0.4 is 16.4 Å². The van der Waals surface area contributed by atoms with E-state index in [0.29, 0.717) is 50.3 Å². The van der Waals surface area contributed by atoms with Gasteiger partial charge in [-0.1, -0.05) is 0 Å². The number of amides is 1. The van der Waals surface area contributed by atoms with Gasteiger partial charge in [-0.25, -0.2) is 4.98 Å². The summed E-state index contributed by atoms with van der Waals surface area (Å²) in [6, 6.07) is 7.43. The van der Waals surface area contributed by atoms with E-state index >= 15 is 0 Å². The molecule has 1 aliphatic carbocycles. The number of hydrogen-bond donors (Lipinski definition) is 3. The van der Waals surface area contributed by atoms with Crippen molar-refractivity contribution in [1.29, 1.82) is 0 Å². The SMILES string of the molecule is NCCCNc1nc(Nc2ccc(C(=O)N3CCOCC3)cc2)ncc1C1CC1. The van der Waals surface area contributed by atoms with Gasteiger partial charge in [-0.3, -0.25) is 4.79 Å². The first-order valence-corrected chi connectivity index (χ1v) is 10.3. The molecule has 4 rings (SSSR count). The smallest absolute Gasteiger partial charge is 0.254 e. The van der Waals surface area contributed by atoms with Crippen molar-refractivity contribution in [3.63, 3.8) is 0 Å². The predicted octanol–water partition coefficient (Wildman–Crippen LogP) is 2.33. The Morgan fingerprint density at radius 2 is 1.97 bits per heavy atom. The molecule has 1 aromatic carbocycles. The Labute approximate surface area is 170 Å². The summed E-state index contributed by atoms with van der Waals surface area (Å²) in [6.45, 7) is 3.92. The molecule has 2 fully saturated rings. The van der Waals surface area contributed by atoms with E-state index in [4.69, 9.17) is 10.5 Å². The van der Waals surface area contributed by atoms with Crippen LogP contribution in [0.5, 0.6) is 0 Å². The van der Waals surface area contributed by atoms with Crippen LogP contribution in [-0.4, -0.2) is 60.2 Å². The van der Waals surface area contributed by atoms with Gasteiger partial charge in [0.15, 0.2) is 0 Å². The maximum Gasteiger partial charge on any atom is 0.254 e. The molecule has 154 valence electrons. The Morgan fingerprint density at radius 3 is 2.66 bits per heavy atom. The van der Waals surface area contributed by atoms with Crippen LogP contribution in [0.4, 0.5) is 17.5 Å². The summed E-state index contributed by atoms with van der Waals surface area (Å²) in [5, 5.41) is 6.63. The molecule has 2 aliphatic rings. The Kier molecular flexibility index (Phi) is 6.21. The van der Waals surface area contributed by atoms with E-state index in [0.717, 1.165) is 24.5 Å². The summed E-state index contributed by atoms with van der Waals surface area (Å²) in [7, 11) is 0. The molecule has 1 aromatic heterocycles. The van der Waals surface area contributed by atoms with E-state index in [2.05, 4.69) is 20.6 Å². The van der Waals surface area contributed by atoms with Gasteiger partial charge in [0.05, 0.1) is 13.2 Å². The van der Waals surface area contributed by atoms with Crippen LogP contribution in [0.1, 0.15) is 41.1 Å². The van der Waals surface area contributed by atoms with Crippen molar-refractivity contribution in [1.82, 2.24) is 14.9 Å². The molecule has 0 spiro atoms. The van der Waals surface area contributed by atoms with Crippen LogP contribution in [0.2, 0.25) is 0 Å². The molecule has 1 aliphatic heterocycles. The van der Waals surface area contributed by atoms with E-state index in [-0.39, 0.29) is 5.91 Å². The number of nitrogens with zero attached hydrogens (tertiary/aromatic N) is 3. The third kappa shape index (κ3) is 5.02. The number of nitrogens with two attached hydrogens (primary N) is 1. The lowest BCUT2D eigenvalue weighted by atomic mass is 10.1. The summed E-state index contributed by atoms with van der Waals surface area (Å²) >= 11 is 0. The van der Waals surface area contributed by atoms with Crippen LogP contribution in [0, 0.1) is 0 Å². The molecular weight excluding hydrogens is 368 g/mol. The fourth-order valence-corrected chi connectivity index (χ4v) is 3.37. The number of morpholine rings is 1. The molecule has 4 N–H and O–H groups in total. The first-order valence-electron chi connectivity index (χ1n) is 10.3. The highest BCUT2D eigenvalue weighted by Crippen LogP contribution is 2.42. The van der Waals surface area contributed by atoms with Gasteiger partial charge >= 0.3 is 0 Å². The van der Waals surface area contributed by atoms with Gasteiger partial charge in [0.25, 0.3) is 5.91 Å². The van der Waals surface area contributed by atoms with Gasteiger partial charge in [0, 0.05) is 42.6 Å². The molecule has 8 nitrogen and oxygen atoms in total. The number of carbonyl (C=O) groups excluding carboxylic acids is 1. The lowest BCUT2D eigenvalue weighted by molar-refractivity contribution is 0.0303. The molecule has 0 atom stereocenters. The highest BCUT2D eigenvalue weighted by molar-refractivity contribution is 5.94. The van der Waals surface area contributed by atoms with E-state index < -0.39 is 0 Å². The van der Waals surface area contributed by atoms with Crippen LogP contribution in [0.25, 0.3) is 0 Å². The third-order valence-corrected chi connectivity index (χ3v) is 5.19. The molecule has 1 saturated carbocycles. The molecule has 0 bridgehead atoms. The predicted molar refractivity (Wildman–Crippen MR) is 113 cm³/mol. The number of hydrogen-bond acceptors (Lipinski definition) is 7. The van der Waals surface area contributed by atoms with E-state index in [9.17, 15) is 4.79 Å². The van der Waals surface area contributed by atoms with E-state index in [1.54, 1.807) is 0 Å². The summed E-state index contributed by atoms with van der Waals surface area (Å²) in [6.07, 6.45) is 5.20. The number of rotatable bonds is 8. The van der Waals surface area contributed by atoms with Crippen molar-refractivity contribution in [2.24, 2.45) is 5.73 Å². The molecule has 2 heterocycles.